The highest BCUT2D eigenvalue weighted by atomic mass is 79.9. The van der Waals surface area contributed by atoms with Crippen LogP contribution in [0.3, 0.4) is 0 Å². The Bertz CT molecular complexity index is 1260. The van der Waals surface area contributed by atoms with Crippen LogP contribution >= 0.6 is 15.9 Å². The highest BCUT2D eigenvalue weighted by molar-refractivity contribution is 9.10. The zero-order chi connectivity index (χ0) is 22.1. The second-order valence-electron chi connectivity index (χ2n) is 8.00. The molecule has 4 aromatic rings. The van der Waals surface area contributed by atoms with Gasteiger partial charge in [0.05, 0.1) is 18.3 Å². The molecule has 5 rings (SSSR count). The molecule has 32 heavy (non-hydrogen) atoms. The molecule has 1 aliphatic rings. The Labute approximate surface area is 196 Å². The number of amides is 2. The minimum absolute atomic E-state index is 0.128. The van der Waals surface area contributed by atoms with Gasteiger partial charge in [-0.15, -0.1) is 0 Å². The van der Waals surface area contributed by atoms with Crippen molar-refractivity contribution in [2.75, 3.05) is 5.32 Å². The average Bonchev–Trinajstić information content (AvgIpc) is 3.23. The number of halogens is 1. The first-order valence-electron chi connectivity index (χ1n) is 10.8. The van der Waals surface area contributed by atoms with Crippen molar-refractivity contribution in [1.29, 1.82) is 0 Å². The minimum Gasteiger partial charge on any atom is -0.318 e. The van der Waals surface area contributed by atoms with Crippen LogP contribution in [0.4, 0.5) is 10.5 Å². The van der Waals surface area contributed by atoms with Crippen LogP contribution in [0.25, 0.3) is 5.69 Å². The molecule has 160 valence electrons. The third-order valence-corrected chi connectivity index (χ3v) is 6.50. The van der Waals surface area contributed by atoms with E-state index in [0.717, 1.165) is 39.1 Å². The van der Waals surface area contributed by atoms with Gasteiger partial charge in [0.2, 0.25) is 0 Å². The smallest absolute Gasteiger partial charge is 0.318 e. The van der Waals surface area contributed by atoms with Gasteiger partial charge >= 0.3 is 6.03 Å². The Kier molecular flexibility index (Phi) is 5.58. The summed E-state index contributed by atoms with van der Waals surface area (Å²) in [5.41, 5.74) is 6.44. The van der Waals surface area contributed by atoms with Gasteiger partial charge in [-0.3, -0.25) is 0 Å². The molecule has 0 unspecified atom stereocenters. The fourth-order valence-corrected chi connectivity index (χ4v) is 4.79. The van der Waals surface area contributed by atoms with Gasteiger partial charge in [0.25, 0.3) is 0 Å². The number of urea groups is 1. The van der Waals surface area contributed by atoms with Crippen molar-refractivity contribution in [2.45, 2.75) is 25.9 Å². The third-order valence-electron chi connectivity index (χ3n) is 6.00. The number of fused-ring (bicyclic) bond motifs is 3. The molecule has 0 aliphatic carbocycles. The predicted octanol–water partition coefficient (Wildman–Crippen LogP) is 6.94. The van der Waals surface area contributed by atoms with Crippen LogP contribution in [0.15, 0.2) is 95.6 Å². The first-order valence-corrected chi connectivity index (χ1v) is 11.6. The van der Waals surface area contributed by atoms with E-state index < -0.39 is 0 Å². The molecule has 0 radical (unpaired) electrons. The lowest BCUT2D eigenvalue weighted by molar-refractivity contribution is 0.194. The van der Waals surface area contributed by atoms with Gasteiger partial charge in [-0.25, -0.2) is 4.79 Å². The summed E-state index contributed by atoms with van der Waals surface area (Å²) in [4.78, 5) is 15.6. The summed E-state index contributed by atoms with van der Waals surface area (Å²) in [6.45, 7) is 2.66. The molecule has 4 nitrogen and oxygen atoms in total. The van der Waals surface area contributed by atoms with Crippen LogP contribution in [-0.2, 0) is 13.0 Å². The molecule has 0 bridgehead atoms. The van der Waals surface area contributed by atoms with E-state index in [1.54, 1.807) is 0 Å². The van der Waals surface area contributed by atoms with E-state index in [2.05, 4.69) is 87.5 Å². The minimum atomic E-state index is -0.213. The lowest BCUT2D eigenvalue weighted by atomic mass is 10.00. The normalized spacial score (nSPS) is 14.9. The lowest BCUT2D eigenvalue weighted by Gasteiger charge is -2.31. The van der Waals surface area contributed by atoms with Crippen LogP contribution in [0.1, 0.15) is 35.3 Å². The Morgan fingerprint density at radius 3 is 2.59 bits per heavy atom. The van der Waals surface area contributed by atoms with E-state index in [-0.39, 0.29) is 12.1 Å². The number of hydrogen-bond acceptors (Lipinski definition) is 1. The van der Waals surface area contributed by atoms with Gasteiger partial charge in [-0.05, 0) is 59.5 Å². The first-order chi connectivity index (χ1) is 15.6. The predicted molar refractivity (Wildman–Crippen MR) is 132 cm³/mol. The summed E-state index contributed by atoms with van der Waals surface area (Å²) in [5.74, 6) is 0. The number of nitrogens with zero attached hydrogens (tertiary/aromatic N) is 2. The summed E-state index contributed by atoms with van der Waals surface area (Å²) in [5, 5.41) is 3.10. The molecule has 1 N–H and O–H groups in total. The molecule has 5 heteroatoms. The summed E-state index contributed by atoms with van der Waals surface area (Å²) < 4.78 is 3.14. The van der Waals surface area contributed by atoms with Gasteiger partial charge in [0, 0.05) is 22.1 Å². The van der Waals surface area contributed by atoms with E-state index in [1.165, 1.54) is 5.56 Å². The molecule has 2 heterocycles. The molecule has 0 fully saturated rings. The Morgan fingerprint density at radius 2 is 1.81 bits per heavy atom. The highest BCUT2D eigenvalue weighted by Crippen LogP contribution is 2.37. The topological polar surface area (TPSA) is 37.3 Å². The van der Waals surface area contributed by atoms with E-state index >= 15 is 0 Å². The quantitative estimate of drug-likeness (QED) is 0.335. The largest absolute Gasteiger partial charge is 0.322 e. The molecule has 3 aromatic carbocycles. The number of benzene rings is 3. The number of aromatic nitrogens is 1. The number of nitrogens with one attached hydrogen (secondary N) is 1. The van der Waals surface area contributed by atoms with Crippen molar-refractivity contribution >= 4 is 27.6 Å². The monoisotopic (exact) mass is 485 g/mol. The fourth-order valence-electron chi connectivity index (χ4n) is 4.39. The second kappa shape index (κ2) is 8.67. The summed E-state index contributed by atoms with van der Waals surface area (Å²) in [7, 11) is 0. The number of carbonyl (C=O) groups excluding carboxylic acids is 1. The molecular formula is C27H24BrN3O. The number of anilines is 1. The molecule has 0 saturated carbocycles. The second-order valence-corrected chi connectivity index (χ2v) is 8.91. The number of carbonyl (C=O) groups is 1. The average molecular weight is 486 g/mol. The summed E-state index contributed by atoms with van der Waals surface area (Å²) in [6.07, 6.45) is 3.07. The van der Waals surface area contributed by atoms with E-state index in [0.29, 0.717) is 6.54 Å². The summed E-state index contributed by atoms with van der Waals surface area (Å²) >= 11 is 3.49. The van der Waals surface area contributed by atoms with Crippen LogP contribution in [0.5, 0.6) is 0 Å². The van der Waals surface area contributed by atoms with E-state index in [9.17, 15) is 4.79 Å². The van der Waals surface area contributed by atoms with Crippen LogP contribution in [-0.4, -0.2) is 15.5 Å². The van der Waals surface area contributed by atoms with Gasteiger partial charge < -0.3 is 14.8 Å². The van der Waals surface area contributed by atoms with Crippen LogP contribution in [0.2, 0.25) is 0 Å². The van der Waals surface area contributed by atoms with Crippen molar-refractivity contribution in [3.05, 3.63) is 118 Å². The number of hydrogen-bond donors (Lipinski definition) is 1. The maximum absolute atomic E-state index is 13.7. The third kappa shape index (κ3) is 3.84. The van der Waals surface area contributed by atoms with Crippen molar-refractivity contribution < 1.29 is 4.79 Å². The zero-order valence-electron chi connectivity index (χ0n) is 17.8. The van der Waals surface area contributed by atoms with Crippen LogP contribution < -0.4 is 5.32 Å². The molecule has 0 saturated heterocycles. The molecule has 0 spiro atoms. The molecule has 1 aromatic heterocycles. The lowest BCUT2D eigenvalue weighted by Crippen LogP contribution is -2.37. The van der Waals surface area contributed by atoms with Crippen molar-refractivity contribution in [1.82, 2.24) is 9.47 Å². The summed E-state index contributed by atoms with van der Waals surface area (Å²) in [6, 6.07) is 28.4. The number of aryl methyl sites for hydroxylation is 1. The van der Waals surface area contributed by atoms with Crippen molar-refractivity contribution in [2.24, 2.45) is 0 Å². The Hall–Kier alpha value is -3.31. The number of rotatable bonds is 3. The van der Waals surface area contributed by atoms with Crippen LogP contribution in [0, 0.1) is 0 Å². The maximum Gasteiger partial charge on any atom is 0.322 e. The van der Waals surface area contributed by atoms with Crippen molar-refractivity contribution in [3.63, 3.8) is 0 Å². The molecule has 2 amide bonds. The van der Waals surface area contributed by atoms with Gasteiger partial charge in [-0.2, -0.15) is 0 Å². The Morgan fingerprint density at radius 1 is 1.00 bits per heavy atom. The zero-order valence-corrected chi connectivity index (χ0v) is 19.4. The molecule has 1 atom stereocenters. The molecular weight excluding hydrogens is 462 g/mol. The maximum atomic E-state index is 13.7. The SMILES string of the molecule is CCc1ccc([C@@H]2c3cccn3-c3ccccc3CN2C(=O)Nc2cccc(Br)c2)cc1. The standard InChI is InChI=1S/C27H24BrN3O/c1-2-19-12-14-20(15-13-19)26-25-11-6-16-30(25)24-10-4-3-7-21(24)18-31(26)27(32)29-23-9-5-8-22(28)17-23/h3-17,26H,2,18H2,1H3,(H,29,32)/t26-/m1/s1. The Balaban J connectivity index is 1.62. The number of para-hydroxylation sites is 1. The molecule has 1 aliphatic heterocycles. The highest BCUT2D eigenvalue weighted by Gasteiger charge is 2.33. The fraction of sp³-hybridized carbons (Fsp3) is 0.148. The van der Waals surface area contributed by atoms with E-state index in [4.69, 9.17) is 0 Å². The van der Waals surface area contributed by atoms with Gasteiger partial charge in [-0.1, -0.05) is 71.4 Å². The van der Waals surface area contributed by atoms with Crippen molar-refractivity contribution in [3.8, 4) is 5.69 Å². The first kappa shape index (κ1) is 20.6. The van der Waals surface area contributed by atoms with Gasteiger partial charge in [0.15, 0.2) is 0 Å². The van der Waals surface area contributed by atoms with Gasteiger partial charge in [0.1, 0.15) is 0 Å². The van der Waals surface area contributed by atoms with E-state index in [1.807, 2.05) is 41.3 Å².